The van der Waals surface area contributed by atoms with Crippen LogP contribution >= 0.6 is 0 Å². The summed E-state index contributed by atoms with van der Waals surface area (Å²) in [6, 6.07) is 0. The monoisotopic (exact) mass is 443 g/mol. The molecular formula is C14H17F12NO. The van der Waals surface area contributed by atoms with Gasteiger partial charge in [-0.25, -0.2) is 17.6 Å². The van der Waals surface area contributed by atoms with Gasteiger partial charge in [-0.2, -0.15) is 35.1 Å². The normalized spacial score (nSPS) is 25.6. The fraction of sp³-hybridized carbons (Fsp3) is 1.00. The second-order valence-corrected chi connectivity index (χ2v) is 6.79. The van der Waals surface area contributed by atoms with Crippen molar-refractivity contribution >= 4 is 0 Å². The molecular weight excluding hydrogens is 426 g/mol. The highest BCUT2D eigenvalue weighted by molar-refractivity contribution is 4.88. The van der Waals surface area contributed by atoms with Crippen molar-refractivity contribution in [3.05, 3.63) is 0 Å². The van der Waals surface area contributed by atoms with E-state index in [0.717, 1.165) is 0 Å². The minimum atomic E-state index is -5.98. The molecule has 0 aromatic heterocycles. The summed E-state index contributed by atoms with van der Waals surface area (Å²) in [7, 11) is 0. The Hall–Kier alpha value is -0.920. The van der Waals surface area contributed by atoms with Crippen LogP contribution in [0, 0.1) is 11.8 Å². The van der Waals surface area contributed by atoms with E-state index in [1.807, 2.05) is 0 Å². The van der Waals surface area contributed by atoms with Crippen LogP contribution in [0.3, 0.4) is 0 Å². The Morgan fingerprint density at radius 2 is 1.36 bits per heavy atom. The number of alkyl halides is 12. The van der Waals surface area contributed by atoms with Crippen molar-refractivity contribution in [3.63, 3.8) is 0 Å². The molecule has 4 unspecified atom stereocenters. The number of hydrogen-bond acceptors (Lipinski definition) is 2. The minimum Gasteiger partial charge on any atom is -0.369 e. The van der Waals surface area contributed by atoms with E-state index in [1.54, 1.807) is 0 Å². The smallest absolute Gasteiger partial charge is 0.369 e. The van der Waals surface area contributed by atoms with Crippen LogP contribution in [-0.4, -0.2) is 67.9 Å². The highest BCUT2D eigenvalue weighted by Crippen LogP contribution is 2.39. The summed E-state index contributed by atoms with van der Waals surface area (Å²) in [5.74, 6) is -12.7. The fourth-order valence-corrected chi connectivity index (χ4v) is 2.79. The van der Waals surface area contributed by atoms with E-state index in [1.165, 1.54) is 6.92 Å². The predicted octanol–water partition coefficient (Wildman–Crippen LogP) is 4.99. The van der Waals surface area contributed by atoms with Gasteiger partial charge >= 0.3 is 24.2 Å². The maximum Gasteiger partial charge on any atom is 0.425 e. The highest BCUT2D eigenvalue weighted by atomic mass is 19.4. The number of piperidine rings is 1. The van der Waals surface area contributed by atoms with Gasteiger partial charge in [-0.05, 0) is 12.3 Å². The number of nitrogens with zero attached hydrogens (tertiary/aromatic N) is 1. The molecule has 1 saturated heterocycles. The molecule has 1 aliphatic heterocycles. The first-order valence-corrected chi connectivity index (χ1v) is 7.87. The summed E-state index contributed by atoms with van der Waals surface area (Å²) >= 11 is 0. The van der Waals surface area contributed by atoms with E-state index in [4.69, 9.17) is 0 Å². The van der Waals surface area contributed by atoms with Crippen molar-refractivity contribution in [1.29, 1.82) is 0 Å². The highest BCUT2D eigenvalue weighted by Gasteiger charge is 2.57. The van der Waals surface area contributed by atoms with E-state index in [-0.39, 0.29) is 4.90 Å². The third-order valence-electron chi connectivity index (χ3n) is 4.07. The van der Waals surface area contributed by atoms with Gasteiger partial charge in [0.2, 0.25) is 6.30 Å². The van der Waals surface area contributed by atoms with Crippen LogP contribution in [0.15, 0.2) is 0 Å². The first-order valence-electron chi connectivity index (χ1n) is 7.87. The molecule has 168 valence electrons. The van der Waals surface area contributed by atoms with Crippen LogP contribution in [0.2, 0.25) is 0 Å². The maximum atomic E-state index is 14.1. The van der Waals surface area contributed by atoms with Gasteiger partial charge in [0.1, 0.15) is 13.2 Å². The number of halogens is 12. The molecule has 0 aromatic rings. The van der Waals surface area contributed by atoms with Gasteiger partial charge in [0.15, 0.2) is 0 Å². The van der Waals surface area contributed by atoms with E-state index in [9.17, 15) is 52.7 Å². The van der Waals surface area contributed by atoms with Crippen LogP contribution < -0.4 is 0 Å². The van der Waals surface area contributed by atoms with Gasteiger partial charge in [-0.15, -0.1) is 0 Å². The third kappa shape index (κ3) is 6.56. The van der Waals surface area contributed by atoms with Gasteiger partial charge in [0.05, 0.1) is 5.92 Å². The summed E-state index contributed by atoms with van der Waals surface area (Å²) in [5, 5.41) is 0. The molecule has 1 heterocycles. The molecule has 0 saturated carbocycles. The van der Waals surface area contributed by atoms with E-state index in [2.05, 4.69) is 4.74 Å². The number of ether oxygens (including phenoxy) is 1. The summed E-state index contributed by atoms with van der Waals surface area (Å²) in [6.45, 7) is -4.92. The van der Waals surface area contributed by atoms with Crippen molar-refractivity contribution in [1.82, 2.24) is 4.90 Å². The zero-order chi connectivity index (χ0) is 22.1. The van der Waals surface area contributed by atoms with Crippen LogP contribution in [0.4, 0.5) is 52.7 Å². The first-order chi connectivity index (χ1) is 12.4. The number of rotatable bonds is 7. The average molecular weight is 443 g/mol. The molecule has 28 heavy (non-hydrogen) atoms. The van der Waals surface area contributed by atoms with Gasteiger partial charge in [-0.1, -0.05) is 6.92 Å². The molecule has 0 bridgehead atoms. The first kappa shape index (κ1) is 25.1. The van der Waals surface area contributed by atoms with Gasteiger partial charge in [0, 0.05) is 13.1 Å². The molecule has 0 N–H and O–H groups in total. The molecule has 1 fully saturated rings. The van der Waals surface area contributed by atoms with Gasteiger partial charge in [-0.3, -0.25) is 4.90 Å². The Balaban J connectivity index is 2.71. The summed E-state index contributed by atoms with van der Waals surface area (Å²) in [5.41, 5.74) is 0. The number of hydrogen-bond donors (Lipinski definition) is 0. The van der Waals surface area contributed by atoms with E-state index >= 15 is 0 Å². The second-order valence-electron chi connectivity index (χ2n) is 6.79. The molecule has 4 atom stereocenters. The predicted molar refractivity (Wildman–Crippen MR) is 71.5 cm³/mol. The Bertz CT molecular complexity index is 506. The van der Waals surface area contributed by atoms with Crippen LogP contribution in [0.1, 0.15) is 13.3 Å². The standard InChI is InChI=1S/C14H17F12NO/c1-7-2-8(13(21,22)23)4-27(3-7)10(16)12(19,20)6-28-5-11(17,18)9(15)14(24,25)26/h7-10H,2-6H2,1H3. The Labute approximate surface area is 151 Å². The average Bonchev–Trinajstić information content (AvgIpc) is 2.50. The maximum absolute atomic E-state index is 14.1. The molecule has 2 nitrogen and oxygen atoms in total. The zero-order valence-corrected chi connectivity index (χ0v) is 14.2. The molecule has 0 radical (unpaired) electrons. The quantitative estimate of drug-likeness (QED) is 0.406. The minimum absolute atomic E-state index is 0.168. The van der Waals surface area contributed by atoms with Crippen LogP contribution in [0.5, 0.6) is 0 Å². The second kappa shape index (κ2) is 8.44. The van der Waals surface area contributed by atoms with Crippen molar-refractivity contribution < 1.29 is 57.4 Å². The third-order valence-corrected chi connectivity index (χ3v) is 4.07. The molecule has 0 spiro atoms. The summed E-state index contributed by atoms with van der Waals surface area (Å²) in [4.78, 5) is 0.168. The molecule has 1 aliphatic rings. The molecule has 1 rings (SSSR count). The van der Waals surface area contributed by atoms with Crippen molar-refractivity contribution in [3.8, 4) is 0 Å². The topological polar surface area (TPSA) is 12.5 Å². The lowest BCUT2D eigenvalue weighted by atomic mass is 9.89. The summed E-state index contributed by atoms with van der Waals surface area (Å²) < 4.78 is 158. The Morgan fingerprint density at radius 1 is 0.857 bits per heavy atom. The Morgan fingerprint density at radius 3 is 1.82 bits per heavy atom. The SMILES string of the molecule is CC1CC(C(F)(F)F)CN(C(F)C(F)(F)COCC(F)(F)C(F)C(F)(F)F)C1. The van der Waals surface area contributed by atoms with E-state index < -0.39 is 81.2 Å². The summed E-state index contributed by atoms with van der Waals surface area (Å²) in [6.07, 6.45) is -19.2. The fourth-order valence-electron chi connectivity index (χ4n) is 2.79. The van der Waals surface area contributed by atoms with Crippen LogP contribution in [0.25, 0.3) is 0 Å². The van der Waals surface area contributed by atoms with Gasteiger partial charge in [0.25, 0.3) is 6.17 Å². The zero-order valence-electron chi connectivity index (χ0n) is 14.2. The largest absolute Gasteiger partial charge is 0.425 e. The lowest BCUT2D eigenvalue weighted by molar-refractivity contribution is -0.263. The number of likely N-dealkylation sites (tertiary alicyclic amines) is 1. The molecule has 0 amide bonds. The van der Waals surface area contributed by atoms with Crippen molar-refractivity contribution in [2.24, 2.45) is 11.8 Å². The Kier molecular flexibility index (Phi) is 7.57. The molecule has 14 heteroatoms. The van der Waals surface area contributed by atoms with Gasteiger partial charge < -0.3 is 4.74 Å². The van der Waals surface area contributed by atoms with Crippen molar-refractivity contribution in [2.45, 2.75) is 50.0 Å². The lowest BCUT2D eigenvalue weighted by Gasteiger charge is -2.40. The molecule has 0 aromatic carbocycles. The lowest BCUT2D eigenvalue weighted by Crippen LogP contribution is -2.55. The van der Waals surface area contributed by atoms with Crippen LogP contribution in [-0.2, 0) is 4.74 Å². The molecule has 0 aliphatic carbocycles. The van der Waals surface area contributed by atoms with Crippen molar-refractivity contribution in [2.75, 3.05) is 26.3 Å². The van der Waals surface area contributed by atoms with E-state index in [0.29, 0.717) is 0 Å².